The number of likely N-dealkylation sites (N-methyl/N-ethyl adjacent to an activating group) is 1. The Morgan fingerprint density at radius 2 is 1.79 bits per heavy atom. The van der Waals surface area contributed by atoms with Crippen molar-refractivity contribution in [1.82, 2.24) is 15.7 Å². The van der Waals surface area contributed by atoms with Crippen molar-refractivity contribution in [1.29, 1.82) is 0 Å². The van der Waals surface area contributed by atoms with E-state index in [0.29, 0.717) is 13.2 Å². The van der Waals surface area contributed by atoms with E-state index in [1.807, 2.05) is 51.1 Å². The van der Waals surface area contributed by atoms with Crippen LogP contribution in [0.2, 0.25) is 0 Å². The topological polar surface area (TPSA) is 70.7 Å². The molecule has 158 valence electrons. The fraction of sp³-hybridized carbons (Fsp3) is 0.636. The highest BCUT2D eigenvalue weighted by Gasteiger charge is 2.35. The zero-order valence-electron chi connectivity index (χ0n) is 18.2. The zero-order chi connectivity index (χ0) is 21.2. The highest BCUT2D eigenvalue weighted by Crippen LogP contribution is 2.21. The summed E-state index contributed by atoms with van der Waals surface area (Å²) >= 11 is 0. The largest absolute Gasteiger partial charge is 0.347 e. The van der Waals surface area contributed by atoms with Crippen LogP contribution in [0.3, 0.4) is 0 Å². The summed E-state index contributed by atoms with van der Waals surface area (Å²) in [5.74, 6) is -0.460. The number of nitrogens with one attached hydrogen (secondary N) is 2. The molecule has 0 aliphatic heterocycles. The third kappa shape index (κ3) is 8.40. The van der Waals surface area contributed by atoms with Gasteiger partial charge in [-0.15, -0.1) is 0 Å². The van der Waals surface area contributed by atoms with Gasteiger partial charge >= 0.3 is 0 Å². The highest BCUT2D eigenvalue weighted by atomic mass is 16.6. The molecule has 2 atom stereocenters. The minimum atomic E-state index is -0.565. The number of hydrogen-bond donors (Lipinski definition) is 2. The number of benzene rings is 1. The molecule has 6 nitrogen and oxygen atoms in total. The Bertz CT molecular complexity index is 597. The number of unbranched alkanes of at least 4 members (excludes halogenated alkanes) is 1. The molecule has 2 amide bonds. The predicted octanol–water partition coefficient (Wildman–Crippen LogP) is 3.13. The van der Waals surface area contributed by atoms with Crippen molar-refractivity contribution in [2.45, 2.75) is 59.6 Å². The molecular weight excluding hydrogens is 354 g/mol. The molecule has 0 heterocycles. The van der Waals surface area contributed by atoms with Gasteiger partial charge in [0.15, 0.2) is 0 Å². The molecule has 1 aromatic rings. The van der Waals surface area contributed by atoms with Crippen LogP contribution in [0.5, 0.6) is 0 Å². The first-order chi connectivity index (χ1) is 13.2. The summed E-state index contributed by atoms with van der Waals surface area (Å²) in [7, 11) is 3.42. The molecule has 0 aliphatic carbocycles. The van der Waals surface area contributed by atoms with Gasteiger partial charge in [-0.2, -0.15) is 0 Å². The van der Waals surface area contributed by atoms with Gasteiger partial charge in [0.1, 0.15) is 6.04 Å². The molecule has 28 heavy (non-hydrogen) atoms. The highest BCUT2D eigenvalue weighted by molar-refractivity contribution is 5.89. The molecule has 1 rings (SSSR count). The maximum atomic E-state index is 12.9. The number of amides is 2. The van der Waals surface area contributed by atoms with E-state index >= 15 is 0 Å². The van der Waals surface area contributed by atoms with E-state index in [-0.39, 0.29) is 23.1 Å². The van der Waals surface area contributed by atoms with Crippen molar-refractivity contribution in [3.63, 3.8) is 0 Å². The van der Waals surface area contributed by atoms with Crippen LogP contribution in [0.15, 0.2) is 30.3 Å². The second kappa shape index (κ2) is 11.8. The second-order valence-electron chi connectivity index (χ2n) is 8.50. The molecule has 0 saturated carbocycles. The molecule has 0 spiro atoms. The van der Waals surface area contributed by atoms with Gasteiger partial charge in [-0.3, -0.25) is 14.4 Å². The van der Waals surface area contributed by atoms with E-state index in [2.05, 4.69) is 17.7 Å². The summed E-state index contributed by atoms with van der Waals surface area (Å²) in [5.41, 5.74) is 3.62. The lowest BCUT2D eigenvalue weighted by Gasteiger charge is -2.33. The van der Waals surface area contributed by atoms with Crippen LogP contribution in [0, 0.1) is 11.3 Å². The van der Waals surface area contributed by atoms with Gasteiger partial charge in [-0.1, -0.05) is 70.9 Å². The minimum absolute atomic E-state index is 0.0941. The molecular formula is C22H37N3O3. The first-order valence-electron chi connectivity index (χ1n) is 10.1. The number of rotatable bonds is 11. The van der Waals surface area contributed by atoms with Crippen LogP contribution >= 0.6 is 0 Å². The van der Waals surface area contributed by atoms with Crippen molar-refractivity contribution >= 4 is 11.8 Å². The fourth-order valence-corrected chi connectivity index (χ4v) is 2.81. The Kier molecular flexibility index (Phi) is 10.2. The van der Waals surface area contributed by atoms with E-state index in [0.717, 1.165) is 24.8 Å². The summed E-state index contributed by atoms with van der Waals surface area (Å²) in [6, 6.07) is 9.30. The molecule has 0 aromatic heterocycles. The van der Waals surface area contributed by atoms with Crippen LogP contribution in [-0.2, 0) is 21.0 Å². The molecule has 2 unspecified atom stereocenters. The first-order valence-corrected chi connectivity index (χ1v) is 10.1. The SMILES string of the molecule is CCCCC(CNOCc1ccccc1)C(=O)NC(C(=O)N(C)C)C(C)(C)C. The maximum Gasteiger partial charge on any atom is 0.245 e. The van der Waals surface area contributed by atoms with Gasteiger partial charge in [0.05, 0.1) is 12.5 Å². The van der Waals surface area contributed by atoms with Crippen molar-refractivity contribution < 1.29 is 14.4 Å². The van der Waals surface area contributed by atoms with Crippen LogP contribution < -0.4 is 10.8 Å². The van der Waals surface area contributed by atoms with Crippen molar-refractivity contribution in [2.75, 3.05) is 20.6 Å². The summed E-state index contributed by atoms with van der Waals surface area (Å²) < 4.78 is 0. The van der Waals surface area contributed by atoms with Gasteiger partial charge < -0.3 is 10.2 Å². The van der Waals surface area contributed by atoms with Gasteiger partial charge in [0.2, 0.25) is 11.8 Å². The molecule has 2 N–H and O–H groups in total. The molecule has 0 aliphatic rings. The normalized spacial score (nSPS) is 13.6. The van der Waals surface area contributed by atoms with Gasteiger partial charge in [-0.25, -0.2) is 5.48 Å². The molecule has 1 aromatic carbocycles. The minimum Gasteiger partial charge on any atom is -0.347 e. The van der Waals surface area contributed by atoms with Crippen molar-refractivity contribution in [3.8, 4) is 0 Å². The van der Waals surface area contributed by atoms with E-state index in [1.165, 1.54) is 4.90 Å². The summed E-state index contributed by atoms with van der Waals surface area (Å²) in [5, 5.41) is 2.98. The van der Waals surface area contributed by atoms with Crippen molar-refractivity contribution in [2.24, 2.45) is 11.3 Å². The van der Waals surface area contributed by atoms with E-state index in [1.54, 1.807) is 14.1 Å². The Balaban J connectivity index is 2.67. The lowest BCUT2D eigenvalue weighted by molar-refractivity contribution is -0.139. The summed E-state index contributed by atoms with van der Waals surface area (Å²) in [4.78, 5) is 32.5. The van der Waals surface area contributed by atoms with Gasteiger partial charge in [-0.05, 0) is 17.4 Å². The van der Waals surface area contributed by atoms with Crippen LogP contribution in [0.1, 0.15) is 52.5 Å². The third-order valence-electron chi connectivity index (χ3n) is 4.63. The maximum absolute atomic E-state index is 12.9. The standard InChI is InChI=1S/C22H37N3O3/c1-7-8-14-18(15-23-28-16-17-12-10-9-11-13-17)20(26)24-19(22(2,3)4)21(27)25(5)6/h9-13,18-19,23H,7-8,14-16H2,1-6H3,(H,24,26). The molecule has 0 saturated heterocycles. The van der Waals surface area contributed by atoms with Gasteiger partial charge in [0, 0.05) is 20.6 Å². The average Bonchev–Trinajstić information content (AvgIpc) is 2.64. The third-order valence-corrected chi connectivity index (χ3v) is 4.63. The van der Waals surface area contributed by atoms with E-state index in [9.17, 15) is 9.59 Å². The number of hydrogen-bond acceptors (Lipinski definition) is 4. The molecule has 0 radical (unpaired) electrons. The quantitative estimate of drug-likeness (QED) is 0.449. The number of carbonyl (C=O) groups excluding carboxylic acids is 2. The summed E-state index contributed by atoms with van der Waals surface area (Å²) in [6.45, 7) is 8.82. The van der Waals surface area contributed by atoms with Crippen molar-refractivity contribution in [3.05, 3.63) is 35.9 Å². The Morgan fingerprint density at radius 3 is 2.32 bits per heavy atom. The van der Waals surface area contributed by atoms with Gasteiger partial charge in [0.25, 0.3) is 0 Å². The zero-order valence-corrected chi connectivity index (χ0v) is 18.2. The second-order valence-corrected chi connectivity index (χ2v) is 8.50. The van der Waals surface area contributed by atoms with E-state index in [4.69, 9.17) is 4.84 Å². The van der Waals surface area contributed by atoms with Crippen LogP contribution in [-0.4, -0.2) is 43.4 Å². The lowest BCUT2D eigenvalue weighted by atomic mass is 9.85. The lowest BCUT2D eigenvalue weighted by Crippen LogP contribution is -2.55. The Morgan fingerprint density at radius 1 is 1.14 bits per heavy atom. The smallest absolute Gasteiger partial charge is 0.245 e. The molecule has 0 fully saturated rings. The first kappa shape index (κ1) is 24.1. The Labute approximate surface area is 170 Å². The van der Waals surface area contributed by atoms with Crippen LogP contribution in [0.4, 0.5) is 0 Å². The summed E-state index contributed by atoms with van der Waals surface area (Å²) in [6.07, 6.45) is 2.70. The van der Waals surface area contributed by atoms with E-state index < -0.39 is 6.04 Å². The molecule has 6 heteroatoms. The monoisotopic (exact) mass is 391 g/mol. The number of hydroxylamine groups is 1. The predicted molar refractivity (Wildman–Crippen MR) is 112 cm³/mol. The Hall–Kier alpha value is -1.92. The number of nitrogens with zero attached hydrogens (tertiary/aromatic N) is 1. The number of carbonyl (C=O) groups is 2. The fourth-order valence-electron chi connectivity index (χ4n) is 2.81. The van der Waals surface area contributed by atoms with Crippen LogP contribution in [0.25, 0.3) is 0 Å². The average molecular weight is 392 g/mol. The molecule has 0 bridgehead atoms.